The molecule has 0 unspecified atom stereocenters. The van der Waals surface area contributed by atoms with Crippen molar-refractivity contribution in [1.82, 2.24) is 4.90 Å². The molecule has 13 heteroatoms. The molecule has 0 saturated carbocycles. The number of nitrogens with one attached hydrogen (secondary N) is 1. The van der Waals surface area contributed by atoms with Gasteiger partial charge in [0.05, 0.1) is 5.92 Å². The number of fused-ring (bicyclic) bond motifs is 1. The fourth-order valence-corrected chi connectivity index (χ4v) is 4.24. The summed E-state index contributed by atoms with van der Waals surface area (Å²) in [7, 11) is 0. The second-order valence-electron chi connectivity index (χ2n) is 8.09. The minimum Gasteiger partial charge on any atom is -0.406 e. The van der Waals surface area contributed by atoms with Crippen LogP contribution in [0.1, 0.15) is 6.42 Å². The molecule has 2 fully saturated rings. The van der Waals surface area contributed by atoms with Crippen molar-refractivity contribution in [2.24, 2.45) is 11.8 Å². The first-order valence-corrected chi connectivity index (χ1v) is 10.5. The van der Waals surface area contributed by atoms with Crippen LogP contribution < -0.4 is 19.7 Å². The maximum Gasteiger partial charge on any atom is 0.573 e. The maximum atomic E-state index is 13.0. The number of piperidine rings is 1. The number of benzene rings is 2. The molecule has 4 rings (SSSR count). The number of carbonyl (C=O) groups is 2. The Bertz CT molecular complexity index is 1070. The quantitative estimate of drug-likeness (QED) is 0.597. The number of halogens is 6. The van der Waals surface area contributed by atoms with Crippen LogP contribution in [0.4, 0.5) is 42.5 Å². The van der Waals surface area contributed by atoms with Gasteiger partial charge >= 0.3 is 18.8 Å². The number of amides is 3. The Hall–Kier alpha value is -3.64. The van der Waals surface area contributed by atoms with Crippen LogP contribution in [0.5, 0.6) is 11.5 Å². The van der Waals surface area contributed by atoms with Crippen molar-refractivity contribution in [1.29, 1.82) is 0 Å². The molecule has 2 aliphatic rings. The van der Waals surface area contributed by atoms with Crippen LogP contribution >= 0.6 is 0 Å². The zero-order valence-electron chi connectivity index (χ0n) is 17.9. The number of likely N-dealkylation sites (tertiary alicyclic amines) is 1. The molecule has 188 valence electrons. The lowest BCUT2D eigenvalue weighted by Crippen LogP contribution is -2.45. The van der Waals surface area contributed by atoms with E-state index >= 15 is 0 Å². The minimum atomic E-state index is -4.82. The van der Waals surface area contributed by atoms with Gasteiger partial charge in [-0.3, -0.25) is 4.79 Å². The summed E-state index contributed by atoms with van der Waals surface area (Å²) in [6, 6.07) is 9.15. The van der Waals surface area contributed by atoms with Crippen LogP contribution in [-0.2, 0) is 4.79 Å². The van der Waals surface area contributed by atoms with Gasteiger partial charge in [0, 0.05) is 31.0 Å². The van der Waals surface area contributed by atoms with E-state index in [-0.39, 0.29) is 24.1 Å². The summed E-state index contributed by atoms with van der Waals surface area (Å²) >= 11 is 0. The van der Waals surface area contributed by atoms with E-state index in [1.165, 1.54) is 34.1 Å². The highest BCUT2D eigenvalue weighted by Gasteiger charge is 2.44. The zero-order chi connectivity index (χ0) is 25.4. The molecule has 0 spiro atoms. The van der Waals surface area contributed by atoms with E-state index in [0.717, 1.165) is 24.3 Å². The Morgan fingerprint density at radius 3 is 1.94 bits per heavy atom. The van der Waals surface area contributed by atoms with E-state index in [1.54, 1.807) is 0 Å². The summed E-state index contributed by atoms with van der Waals surface area (Å²) in [4.78, 5) is 28.6. The molecule has 2 aliphatic heterocycles. The molecule has 2 aromatic carbocycles. The topological polar surface area (TPSA) is 71.1 Å². The van der Waals surface area contributed by atoms with Gasteiger partial charge in [-0.25, -0.2) is 4.79 Å². The van der Waals surface area contributed by atoms with Gasteiger partial charge in [0.15, 0.2) is 0 Å². The first-order chi connectivity index (χ1) is 16.4. The first kappa shape index (κ1) is 24.5. The van der Waals surface area contributed by atoms with Crippen molar-refractivity contribution >= 4 is 23.3 Å². The summed E-state index contributed by atoms with van der Waals surface area (Å²) in [6.07, 6.45) is -9.05. The maximum absolute atomic E-state index is 13.0. The van der Waals surface area contributed by atoms with Crippen molar-refractivity contribution in [3.05, 3.63) is 48.5 Å². The standard InChI is InChI=1S/C22H19F6N3O4/c23-21(24,25)34-16-5-1-14(2-6-16)29-20(33)30-11-13-9-10-31(19(32)18(13)12-30)15-3-7-17(8-4-15)35-22(26,27)28/h1-8,13,18H,9-12H2,(H,29,33)/t13-,18+/m0/s1. The van der Waals surface area contributed by atoms with Crippen molar-refractivity contribution in [3.8, 4) is 11.5 Å². The van der Waals surface area contributed by atoms with Crippen LogP contribution in [-0.4, -0.2) is 49.2 Å². The Balaban J connectivity index is 1.35. The largest absolute Gasteiger partial charge is 0.573 e. The van der Waals surface area contributed by atoms with Gasteiger partial charge in [-0.2, -0.15) is 0 Å². The molecule has 2 heterocycles. The Labute approximate surface area is 195 Å². The number of hydrogen-bond donors (Lipinski definition) is 1. The Kier molecular flexibility index (Phi) is 6.43. The molecule has 0 radical (unpaired) electrons. The Morgan fingerprint density at radius 2 is 1.40 bits per heavy atom. The van der Waals surface area contributed by atoms with Crippen LogP contribution in [0.25, 0.3) is 0 Å². The number of rotatable bonds is 4. The number of urea groups is 1. The lowest BCUT2D eigenvalue weighted by Gasteiger charge is -2.33. The first-order valence-electron chi connectivity index (χ1n) is 10.5. The number of hydrogen-bond acceptors (Lipinski definition) is 4. The van der Waals surface area contributed by atoms with Gasteiger partial charge in [-0.05, 0) is 60.9 Å². The lowest BCUT2D eigenvalue weighted by molar-refractivity contribution is -0.275. The zero-order valence-corrected chi connectivity index (χ0v) is 17.9. The van der Waals surface area contributed by atoms with Crippen molar-refractivity contribution in [2.45, 2.75) is 19.1 Å². The van der Waals surface area contributed by atoms with Crippen LogP contribution in [0.3, 0.4) is 0 Å². The fourth-order valence-electron chi connectivity index (χ4n) is 4.24. The van der Waals surface area contributed by atoms with E-state index in [9.17, 15) is 35.9 Å². The molecular formula is C22H19F6N3O4. The third kappa shape index (κ3) is 6.08. The number of alkyl halides is 6. The molecule has 0 aliphatic carbocycles. The second-order valence-corrected chi connectivity index (χ2v) is 8.09. The molecule has 2 saturated heterocycles. The summed E-state index contributed by atoms with van der Waals surface area (Å²) in [5.41, 5.74) is 0.681. The SMILES string of the molecule is O=C(Nc1ccc(OC(F)(F)F)cc1)N1C[C@@H]2CCN(c3ccc(OC(F)(F)F)cc3)C(=O)[C@@H]2C1. The summed E-state index contributed by atoms with van der Waals surface area (Å²) in [5, 5.41) is 2.59. The number of anilines is 2. The molecule has 0 aromatic heterocycles. The molecule has 1 N–H and O–H groups in total. The smallest absolute Gasteiger partial charge is 0.406 e. The average Bonchev–Trinajstić information content (AvgIpc) is 3.20. The minimum absolute atomic E-state index is 0.0834. The van der Waals surface area contributed by atoms with E-state index in [1.807, 2.05) is 0 Å². The third-order valence-electron chi connectivity index (χ3n) is 5.76. The van der Waals surface area contributed by atoms with Crippen molar-refractivity contribution in [2.75, 3.05) is 29.9 Å². The average molecular weight is 503 g/mol. The monoisotopic (exact) mass is 503 g/mol. The molecule has 7 nitrogen and oxygen atoms in total. The van der Waals surface area contributed by atoms with E-state index < -0.39 is 36.2 Å². The van der Waals surface area contributed by atoms with E-state index in [4.69, 9.17) is 0 Å². The van der Waals surface area contributed by atoms with Gasteiger partial charge < -0.3 is 24.6 Å². The summed E-state index contributed by atoms with van der Waals surface area (Å²) in [6.45, 7) is 0.801. The van der Waals surface area contributed by atoms with Crippen molar-refractivity contribution in [3.63, 3.8) is 0 Å². The summed E-state index contributed by atoms with van der Waals surface area (Å²) in [5.74, 6) is -1.63. The van der Waals surface area contributed by atoms with Gasteiger partial charge in [-0.15, -0.1) is 26.3 Å². The van der Waals surface area contributed by atoms with Crippen LogP contribution in [0.2, 0.25) is 0 Å². The molecule has 2 aromatic rings. The number of nitrogens with zero attached hydrogens (tertiary/aromatic N) is 2. The molecule has 0 bridgehead atoms. The van der Waals surface area contributed by atoms with Gasteiger partial charge in [0.2, 0.25) is 5.91 Å². The van der Waals surface area contributed by atoms with Crippen LogP contribution in [0.15, 0.2) is 48.5 Å². The molecule has 2 atom stereocenters. The predicted molar refractivity (Wildman–Crippen MR) is 111 cm³/mol. The molecule has 35 heavy (non-hydrogen) atoms. The highest BCUT2D eigenvalue weighted by Crippen LogP contribution is 2.35. The van der Waals surface area contributed by atoms with Crippen LogP contribution in [0, 0.1) is 11.8 Å². The fraction of sp³-hybridized carbons (Fsp3) is 0.364. The van der Waals surface area contributed by atoms with Crippen molar-refractivity contribution < 1.29 is 45.4 Å². The summed E-state index contributed by atoms with van der Waals surface area (Å²) < 4.78 is 81.5. The highest BCUT2D eigenvalue weighted by atomic mass is 19.4. The predicted octanol–water partition coefficient (Wildman–Crippen LogP) is 5.00. The second kappa shape index (κ2) is 9.19. The number of carbonyl (C=O) groups excluding carboxylic acids is 2. The van der Waals surface area contributed by atoms with Gasteiger partial charge in [-0.1, -0.05) is 0 Å². The Morgan fingerprint density at radius 1 is 0.857 bits per heavy atom. The molecule has 3 amide bonds. The normalized spacial score (nSPS) is 20.5. The van der Waals surface area contributed by atoms with Gasteiger partial charge in [0.1, 0.15) is 11.5 Å². The van der Waals surface area contributed by atoms with Gasteiger partial charge in [0.25, 0.3) is 0 Å². The third-order valence-corrected chi connectivity index (χ3v) is 5.76. The highest BCUT2D eigenvalue weighted by molar-refractivity contribution is 5.97. The molecular weight excluding hydrogens is 484 g/mol. The van der Waals surface area contributed by atoms with E-state index in [2.05, 4.69) is 14.8 Å². The lowest BCUT2D eigenvalue weighted by atomic mass is 9.87. The number of ether oxygens (including phenoxy) is 2. The van der Waals surface area contributed by atoms with E-state index in [0.29, 0.717) is 25.2 Å².